The highest BCUT2D eigenvalue weighted by molar-refractivity contribution is 5.70. The molecule has 1 aliphatic heterocycles. The van der Waals surface area contributed by atoms with E-state index in [2.05, 4.69) is 18.7 Å². The van der Waals surface area contributed by atoms with Gasteiger partial charge in [0.25, 0.3) is 0 Å². The fourth-order valence-corrected chi connectivity index (χ4v) is 2.58. The number of hydrogen-bond acceptors (Lipinski definition) is 3. The number of piperidine rings is 1. The van der Waals surface area contributed by atoms with Crippen LogP contribution in [-0.2, 0) is 17.8 Å². The van der Waals surface area contributed by atoms with Gasteiger partial charge in [0.2, 0.25) is 0 Å². The minimum Gasteiger partial charge on any atom is -0.481 e. The average molecular weight is 251 g/mol. The lowest BCUT2D eigenvalue weighted by Crippen LogP contribution is -2.42. The maximum atomic E-state index is 11.0. The van der Waals surface area contributed by atoms with Crippen molar-refractivity contribution in [2.75, 3.05) is 6.54 Å². The third-order valence-corrected chi connectivity index (χ3v) is 3.79. The van der Waals surface area contributed by atoms with E-state index in [0.717, 1.165) is 43.9 Å². The average Bonchev–Trinajstić information content (AvgIpc) is 2.79. The van der Waals surface area contributed by atoms with Crippen molar-refractivity contribution in [3.05, 3.63) is 23.7 Å². The second kappa shape index (κ2) is 5.57. The van der Waals surface area contributed by atoms with Crippen molar-refractivity contribution in [2.45, 2.75) is 45.7 Å². The first-order chi connectivity index (χ1) is 8.60. The van der Waals surface area contributed by atoms with Crippen LogP contribution in [0.15, 0.2) is 16.5 Å². The highest BCUT2D eigenvalue weighted by Gasteiger charge is 2.29. The molecular formula is C14H21NO3. The Hall–Kier alpha value is -1.29. The summed E-state index contributed by atoms with van der Waals surface area (Å²) in [6, 6.07) is 4.34. The van der Waals surface area contributed by atoms with Crippen LogP contribution in [0.3, 0.4) is 0 Å². The Balaban J connectivity index is 1.92. The molecule has 1 aromatic heterocycles. The van der Waals surface area contributed by atoms with E-state index in [1.807, 2.05) is 12.1 Å². The Morgan fingerprint density at radius 1 is 1.50 bits per heavy atom. The van der Waals surface area contributed by atoms with Gasteiger partial charge in [-0.2, -0.15) is 0 Å². The van der Waals surface area contributed by atoms with Crippen molar-refractivity contribution < 1.29 is 14.3 Å². The van der Waals surface area contributed by atoms with Gasteiger partial charge in [-0.15, -0.1) is 0 Å². The summed E-state index contributed by atoms with van der Waals surface area (Å²) in [6.07, 6.45) is 2.38. The summed E-state index contributed by atoms with van der Waals surface area (Å²) in [4.78, 5) is 13.3. The summed E-state index contributed by atoms with van der Waals surface area (Å²) in [5.74, 6) is 1.15. The van der Waals surface area contributed by atoms with Crippen LogP contribution in [0.2, 0.25) is 0 Å². The summed E-state index contributed by atoms with van der Waals surface area (Å²) in [5.41, 5.74) is 0. The van der Waals surface area contributed by atoms with Crippen LogP contribution in [0.1, 0.15) is 38.2 Å². The van der Waals surface area contributed by atoms with Crippen LogP contribution in [-0.4, -0.2) is 28.6 Å². The van der Waals surface area contributed by atoms with E-state index < -0.39 is 5.97 Å². The third-order valence-electron chi connectivity index (χ3n) is 3.79. The number of aliphatic carboxylic acids is 1. The summed E-state index contributed by atoms with van der Waals surface area (Å²) in [5, 5.41) is 9.03. The smallest absolute Gasteiger partial charge is 0.306 e. The second-order valence-electron chi connectivity index (χ2n) is 5.10. The lowest BCUT2D eigenvalue weighted by Gasteiger charge is -2.35. The fourth-order valence-electron chi connectivity index (χ4n) is 2.58. The molecule has 2 atom stereocenters. The van der Waals surface area contributed by atoms with Crippen molar-refractivity contribution in [1.29, 1.82) is 0 Å². The predicted octanol–water partition coefficient (Wildman–Crippen LogP) is 2.53. The SMILES string of the molecule is CCc1ccc(CN2CCC(C(=O)O)CC2C)o1. The van der Waals surface area contributed by atoms with E-state index in [0.29, 0.717) is 6.04 Å². The molecule has 0 amide bonds. The number of likely N-dealkylation sites (tertiary alicyclic amines) is 1. The molecule has 0 radical (unpaired) electrons. The molecule has 1 N–H and O–H groups in total. The summed E-state index contributed by atoms with van der Waals surface area (Å²) in [7, 11) is 0. The summed E-state index contributed by atoms with van der Waals surface area (Å²) in [6.45, 7) is 5.79. The zero-order valence-electron chi connectivity index (χ0n) is 11.1. The molecule has 0 saturated carbocycles. The first-order valence-electron chi connectivity index (χ1n) is 6.64. The molecule has 0 aliphatic carbocycles. The molecule has 0 spiro atoms. The number of carboxylic acids is 1. The molecule has 2 unspecified atom stereocenters. The van der Waals surface area contributed by atoms with Gasteiger partial charge >= 0.3 is 5.97 Å². The van der Waals surface area contributed by atoms with Crippen molar-refractivity contribution in [2.24, 2.45) is 5.92 Å². The van der Waals surface area contributed by atoms with Gasteiger partial charge < -0.3 is 9.52 Å². The maximum absolute atomic E-state index is 11.0. The van der Waals surface area contributed by atoms with E-state index in [-0.39, 0.29) is 5.92 Å². The molecule has 2 rings (SSSR count). The van der Waals surface area contributed by atoms with E-state index in [4.69, 9.17) is 9.52 Å². The van der Waals surface area contributed by atoms with Crippen LogP contribution >= 0.6 is 0 Å². The molecule has 4 nitrogen and oxygen atoms in total. The number of aryl methyl sites for hydroxylation is 1. The second-order valence-corrected chi connectivity index (χ2v) is 5.10. The van der Waals surface area contributed by atoms with Gasteiger partial charge in [-0.3, -0.25) is 9.69 Å². The van der Waals surface area contributed by atoms with Crippen molar-refractivity contribution >= 4 is 5.97 Å². The summed E-state index contributed by atoms with van der Waals surface area (Å²) < 4.78 is 5.70. The Bertz CT molecular complexity index is 413. The minimum absolute atomic E-state index is 0.181. The molecule has 2 heterocycles. The minimum atomic E-state index is -0.659. The summed E-state index contributed by atoms with van der Waals surface area (Å²) >= 11 is 0. The van der Waals surface area contributed by atoms with Crippen LogP contribution < -0.4 is 0 Å². The van der Waals surface area contributed by atoms with Crippen LogP contribution in [0.5, 0.6) is 0 Å². The number of carbonyl (C=O) groups is 1. The molecule has 18 heavy (non-hydrogen) atoms. The number of carboxylic acid groups (broad SMARTS) is 1. The Morgan fingerprint density at radius 2 is 2.22 bits per heavy atom. The number of rotatable bonds is 4. The number of nitrogens with zero attached hydrogens (tertiary/aromatic N) is 1. The van der Waals surface area contributed by atoms with Crippen molar-refractivity contribution in [1.82, 2.24) is 4.90 Å². The quantitative estimate of drug-likeness (QED) is 0.893. The van der Waals surface area contributed by atoms with E-state index in [9.17, 15) is 4.79 Å². The molecule has 1 aliphatic rings. The largest absolute Gasteiger partial charge is 0.481 e. The highest BCUT2D eigenvalue weighted by atomic mass is 16.4. The van der Waals surface area contributed by atoms with E-state index in [1.165, 1.54) is 0 Å². The lowest BCUT2D eigenvalue weighted by atomic mass is 9.92. The van der Waals surface area contributed by atoms with Crippen LogP contribution in [0.4, 0.5) is 0 Å². The first-order valence-corrected chi connectivity index (χ1v) is 6.64. The number of hydrogen-bond donors (Lipinski definition) is 1. The zero-order valence-corrected chi connectivity index (χ0v) is 11.1. The molecule has 1 saturated heterocycles. The molecule has 100 valence electrons. The van der Waals surface area contributed by atoms with Gasteiger partial charge in [-0.1, -0.05) is 6.92 Å². The van der Waals surface area contributed by atoms with Crippen LogP contribution in [0, 0.1) is 5.92 Å². The standard InChI is InChI=1S/C14H21NO3/c1-3-12-4-5-13(18-12)9-15-7-6-11(14(16)17)8-10(15)2/h4-5,10-11H,3,6-9H2,1-2H3,(H,16,17). The predicted molar refractivity (Wildman–Crippen MR) is 68.3 cm³/mol. The van der Waals surface area contributed by atoms with Gasteiger partial charge in [0.05, 0.1) is 12.5 Å². The molecule has 4 heteroatoms. The molecule has 1 aromatic rings. The highest BCUT2D eigenvalue weighted by Crippen LogP contribution is 2.25. The zero-order chi connectivity index (χ0) is 13.1. The maximum Gasteiger partial charge on any atom is 0.306 e. The van der Waals surface area contributed by atoms with E-state index >= 15 is 0 Å². The van der Waals surface area contributed by atoms with Crippen LogP contribution in [0.25, 0.3) is 0 Å². The van der Waals surface area contributed by atoms with Gasteiger partial charge in [0.1, 0.15) is 11.5 Å². The Labute approximate surface area is 108 Å². The van der Waals surface area contributed by atoms with Gasteiger partial charge in [0, 0.05) is 12.5 Å². The van der Waals surface area contributed by atoms with Gasteiger partial charge in [-0.25, -0.2) is 0 Å². The molecule has 0 aromatic carbocycles. The first kappa shape index (κ1) is 13.1. The van der Waals surface area contributed by atoms with Crippen molar-refractivity contribution in [3.63, 3.8) is 0 Å². The topological polar surface area (TPSA) is 53.7 Å². The van der Waals surface area contributed by atoms with Crippen molar-refractivity contribution in [3.8, 4) is 0 Å². The fraction of sp³-hybridized carbons (Fsp3) is 0.643. The van der Waals surface area contributed by atoms with E-state index in [1.54, 1.807) is 0 Å². The van der Waals surface area contributed by atoms with Gasteiger partial charge in [0.15, 0.2) is 0 Å². The number of furan rings is 1. The normalized spacial score (nSPS) is 25.2. The lowest BCUT2D eigenvalue weighted by molar-refractivity contribution is -0.144. The Kier molecular flexibility index (Phi) is 4.07. The molecule has 0 bridgehead atoms. The third kappa shape index (κ3) is 2.93. The molecule has 1 fully saturated rings. The van der Waals surface area contributed by atoms with Gasteiger partial charge in [-0.05, 0) is 38.4 Å². The molecular weight excluding hydrogens is 230 g/mol. The Morgan fingerprint density at radius 3 is 2.78 bits per heavy atom. The monoisotopic (exact) mass is 251 g/mol.